The first-order valence-electron chi connectivity index (χ1n) is 7.76. The van der Waals surface area contributed by atoms with Crippen LogP contribution >= 0.6 is 47.8 Å². The lowest BCUT2D eigenvalue weighted by Gasteiger charge is -2.20. The molecule has 3 aromatic rings. The van der Waals surface area contributed by atoms with Gasteiger partial charge >= 0.3 is 0 Å². The molecule has 0 aromatic heterocycles. The largest absolute Gasteiger partial charge is 0.0876 e. The van der Waals surface area contributed by atoms with Crippen LogP contribution in [-0.2, 0) is 10.7 Å². The van der Waals surface area contributed by atoms with Crippen molar-refractivity contribution in [2.45, 2.75) is 16.6 Å². The van der Waals surface area contributed by atoms with Crippen LogP contribution < -0.4 is 0 Å². The van der Waals surface area contributed by atoms with Gasteiger partial charge in [-0.05, 0) is 39.9 Å². The van der Waals surface area contributed by atoms with E-state index in [0.29, 0.717) is 0 Å². The highest BCUT2D eigenvalue weighted by molar-refractivity contribution is 9.10. The Balaban J connectivity index is 2.14. The Kier molecular flexibility index (Phi) is 6.31. The average molecular weight is 509 g/mol. The van der Waals surface area contributed by atoms with E-state index in [1.807, 2.05) is 0 Å². The Bertz CT molecular complexity index is 762. The van der Waals surface area contributed by atoms with Crippen LogP contribution in [0.2, 0.25) is 0 Å². The van der Waals surface area contributed by atoms with Crippen molar-refractivity contribution in [1.29, 1.82) is 0 Å². The third-order valence-corrected chi connectivity index (χ3v) is 5.90. The van der Waals surface area contributed by atoms with Gasteiger partial charge in [-0.15, -0.1) is 0 Å². The van der Waals surface area contributed by atoms with Gasteiger partial charge in [0.25, 0.3) is 0 Å². The third-order valence-electron chi connectivity index (χ3n) is 4.08. The van der Waals surface area contributed by atoms with Crippen molar-refractivity contribution in [1.82, 2.24) is 0 Å². The fourth-order valence-corrected chi connectivity index (χ4v) is 3.91. The van der Waals surface area contributed by atoms with Crippen molar-refractivity contribution in [3.8, 4) is 0 Å². The van der Waals surface area contributed by atoms with E-state index in [1.165, 1.54) is 27.8 Å². The van der Waals surface area contributed by atoms with E-state index in [-0.39, 0.29) is 5.92 Å². The normalized spacial score (nSPS) is 11.0. The zero-order valence-corrected chi connectivity index (χ0v) is 17.8. The maximum absolute atomic E-state index is 3.57. The molecule has 0 amide bonds. The van der Waals surface area contributed by atoms with Crippen LogP contribution in [0.3, 0.4) is 0 Å². The summed E-state index contributed by atoms with van der Waals surface area (Å²) in [6, 6.07) is 26.3. The summed E-state index contributed by atoms with van der Waals surface area (Å²) in [4.78, 5) is 0. The minimum absolute atomic E-state index is 0.232. The van der Waals surface area contributed by atoms with Gasteiger partial charge in [0.2, 0.25) is 0 Å². The van der Waals surface area contributed by atoms with Crippen molar-refractivity contribution < 1.29 is 0 Å². The predicted octanol–water partition coefficient (Wildman–Crippen LogP) is 7.42. The van der Waals surface area contributed by atoms with Gasteiger partial charge in [-0.3, -0.25) is 0 Å². The van der Waals surface area contributed by atoms with E-state index < -0.39 is 0 Å². The van der Waals surface area contributed by atoms with E-state index >= 15 is 0 Å². The molecule has 3 heteroatoms. The summed E-state index contributed by atoms with van der Waals surface area (Å²) in [6.45, 7) is 0. The van der Waals surface area contributed by atoms with E-state index in [1.54, 1.807) is 0 Å². The molecule has 0 heterocycles. The van der Waals surface area contributed by atoms with Gasteiger partial charge in [0.05, 0.1) is 0 Å². The molecule has 0 aliphatic heterocycles. The summed E-state index contributed by atoms with van der Waals surface area (Å²) in [5, 5.41) is 1.74. The van der Waals surface area contributed by atoms with Crippen molar-refractivity contribution in [3.63, 3.8) is 0 Å². The van der Waals surface area contributed by atoms with Crippen molar-refractivity contribution in [2.75, 3.05) is 0 Å². The van der Waals surface area contributed by atoms with Gasteiger partial charge in [-0.25, -0.2) is 0 Å². The number of benzene rings is 3. The lowest BCUT2D eigenvalue weighted by atomic mass is 9.84. The first-order valence-corrected chi connectivity index (χ1v) is 10.8. The lowest BCUT2D eigenvalue weighted by Crippen LogP contribution is -2.04. The van der Waals surface area contributed by atoms with Crippen LogP contribution in [-0.4, -0.2) is 0 Å². The average Bonchev–Trinajstić information content (AvgIpc) is 2.64. The lowest BCUT2D eigenvalue weighted by molar-refractivity contribution is 0.970. The summed E-state index contributed by atoms with van der Waals surface area (Å²) in [6.07, 6.45) is 0. The molecule has 0 atom stereocenters. The standard InChI is InChI=1S/C21H17Br3/c22-13-15-3-1-5-18(11-15)21(17-7-9-20(24)10-8-17)19-6-2-4-16(12-19)14-23/h1-12,21H,13-14H2. The molecule has 3 rings (SSSR count). The second kappa shape index (κ2) is 8.46. The molecule has 0 aliphatic rings. The number of rotatable bonds is 5. The predicted molar refractivity (Wildman–Crippen MR) is 113 cm³/mol. The van der Waals surface area contributed by atoms with Crippen LogP contribution in [0, 0.1) is 0 Å². The quantitative estimate of drug-likeness (QED) is 0.248. The van der Waals surface area contributed by atoms with E-state index in [4.69, 9.17) is 0 Å². The Labute approximate surface area is 168 Å². The Hall–Kier alpha value is -0.900. The molecule has 122 valence electrons. The summed E-state index contributed by atoms with van der Waals surface area (Å²) < 4.78 is 1.11. The van der Waals surface area contributed by atoms with Crippen LogP contribution in [0.1, 0.15) is 33.7 Å². The van der Waals surface area contributed by atoms with Crippen LogP contribution in [0.15, 0.2) is 77.3 Å². The molecule has 0 nitrogen and oxygen atoms in total. The van der Waals surface area contributed by atoms with Crippen LogP contribution in [0.25, 0.3) is 0 Å². The van der Waals surface area contributed by atoms with Gasteiger partial charge in [-0.2, -0.15) is 0 Å². The highest BCUT2D eigenvalue weighted by Gasteiger charge is 2.17. The Morgan fingerprint density at radius 3 is 1.58 bits per heavy atom. The molecule has 0 saturated heterocycles. The van der Waals surface area contributed by atoms with Gasteiger partial charge in [0.15, 0.2) is 0 Å². The molecule has 0 N–H and O–H groups in total. The zero-order valence-electron chi connectivity index (χ0n) is 13.1. The SMILES string of the molecule is BrCc1cccc(C(c2ccc(Br)cc2)c2cccc(CBr)c2)c1. The monoisotopic (exact) mass is 506 g/mol. The first kappa shape index (κ1) is 17.9. The third kappa shape index (κ3) is 4.19. The summed E-state index contributed by atoms with van der Waals surface area (Å²) in [5.41, 5.74) is 6.54. The molecule has 0 unspecified atom stereocenters. The fraction of sp³-hybridized carbons (Fsp3) is 0.143. The van der Waals surface area contributed by atoms with Gasteiger partial charge in [0, 0.05) is 21.1 Å². The molecular formula is C21H17Br3. The van der Waals surface area contributed by atoms with Gasteiger partial charge in [0.1, 0.15) is 0 Å². The Morgan fingerprint density at radius 2 is 1.12 bits per heavy atom. The van der Waals surface area contributed by atoms with Gasteiger partial charge < -0.3 is 0 Å². The second-order valence-corrected chi connectivity index (χ2v) is 7.78. The second-order valence-electron chi connectivity index (χ2n) is 5.74. The molecule has 24 heavy (non-hydrogen) atoms. The fourth-order valence-electron chi connectivity index (χ4n) is 2.94. The summed E-state index contributed by atoms with van der Waals surface area (Å²) in [7, 11) is 0. The molecular weight excluding hydrogens is 492 g/mol. The number of hydrogen-bond donors (Lipinski definition) is 0. The first-order chi connectivity index (χ1) is 11.7. The van der Waals surface area contributed by atoms with Crippen molar-refractivity contribution in [3.05, 3.63) is 105 Å². The van der Waals surface area contributed by atoms with Gasteiger partial charge in [-0.1, -0.05) is 108 Å². The molecule has 0 bridgehead atoms. The summed E-state index contributed by atoms with van der Waals surface area (Å²) >= 11 is 10.7. The number of hydrogen-bond acceptors (Lipinski definition) is 0. The molecule has 0 fully saturated rings. The minimum atomic E-state index is 0.232. The smallest absolute Gasteiger partial charge is 0.0340 e. The van der Waals surface area contributed by atoms with Crippen LogP contribution in [0.5, 0.6) is 0 Å². The van der Waals surface area contributed by atoms with Crippen molar-refractivity contribution >= 4 is 47.8 Å². The van der Waals surface area contributed by atoms with Crippen LogP contribution in [0.4, 0.5) is 0 Å². The minimum Gasteiger partial charge on any atom is -0.0876 e. The van der Waals surface area contributed by atoms with E-state index in [9.17, 15) is 0 Å². The summed E-state index contributed by atoms with van der Waals surface area (Å²) in [5.74, 6) is 0.232. The molecule has 0 aliphatic carbocycles. The maximum atomic E-state index is 3.57. The number of halogens is 3. The number of alkyl halides is 2. The highest BCUT2D eigenvalue weighted by Crippen LogP contribution is 2.34. The molecule has 0 saturated carbocycles. The molecule has 0 radical (unpaired) electrons. The highest BCUT2D eigenvalue weighted by atomic mass is 79.9. The topological polar surface area (TPSA) is 0 Å². The Morgan fingerprint density at radius 1 is 0.625 bits per heavy atom. The maximum Gasteiger partial charge on any atom is 0.0340 e. The van der Waals surface area contributed by atoms with E-state index in [0.717, 1.165) is 15.1 Å². The van der Waals surface area contributed by atoms with Crippen molar-refractivity contribution in [2.24, 2.45) is 0 Å². The zero-order chi connectivity index (χ0) is 16.9. The van der Waals surface area contributed by atoms with E-state index in [2.05, 4.69) is 121 Å². The molecule has 3 aromatic carbocycles. The molecule has 0 spiro atoms.